The fraction of sp³-hybridized carbons (Fsp3) is 0.130. The zero-order chi connectivity index (χ0) is 22.0. The summed E-state index contributed by atoms with van der Waals surface area (Å²) in [5, 5.41) is 3.32. The number of anilines is 2. The molecule has 158 valence electrons. The van der Waals surface area contributed by atoms with Gasteiger partial charge in [-0.3, -0.25) is 4.72 Å². The van der Waals surface area contributed by atoms with Crippen LogP contribution in [-0.4, -0.2) is 13.4 Å². The third kappa shape index (κ3) is 4.29. The number of nitrogens with zero attached hydrogens (tertiary/aromatic N) is 1. The lowest BCUT2D eigenvalue weighted by molar-refractivity contribution is 0.510. The van der Waals surface area contributed by atoms with Crippen LogP contribution in [0.4, 0.5) is 11.7 Å². The highest BCUT2D eigenvalue weighted by Crippen LogP contribution is 2.26. The Morgan fingerprint density at radius 1 is 0.935 bits per heavy atom. The smallest absolute Gasteiger partial charge is 0.348 e. The Labute approximate surface area is 179 Å². The molecule has 0 spiro atoms. The minimum Gasteiger partial charge on any atom is -0.389 e. The molecule has 1 heterocycles. The highest BCUT2D eigenvalue weighted by molar-refractivity contribution is 7.92. The van der Waals surface area contributed by atoms with Crippen LogP contribution in [0.25, 0.3) is 10.9 Å². The average molecular weight is 436 g/mol. The summed E-state index contributed by atoms with van der Waals surface area (Å²) >= 11 is 0. The Bertz CT molecular complexity index is 1390. The Morgan fingerprint density at radius 2 is 1.58 bits per heavy atom. The molecular weight excluding hydrogens is 414 g/mol. The molecule has 0 saturated carbocycles. The quantitative estimate of drug-likeness (QED) is 0.463. The number of hydrogen-bond acceptors (Lipinski definition) is 6. The predicted molar refractivity (Wildman–Crippen MR) is 121 cm³/mol. The molecule has 2 N–H and O–H groups in total. The summed E-state index contributed by atoms with van der Waals surface area (Å²) in [6.07, 6.45) is 0. The summed E-state index contributed by atoms with van der Waals surface area (Å²) < 4.78 is 33.2. The van der Waals surface area contributed by atoms with Crippen LogP contribution in [0.5, 0.6) is 0 Å². The van der Waals surface area contributed by atoms with E-state index in [4.69, 9.17) is 4.42 Å². The van der Waals surface area contributed by atoms with E-state index in [2.05, 4.69) is 15.0 Å². The maximum Gasteiger partial charge on any atom is 0.348 e. The highest BCUT2D eigenvalue weighted by Gasteiger charge is 2.18. The molecule has 31 heavy (non-hydrogen) atoms. The molecule has 0 bridgehead atoms. The number of nitrogens with one attached hydrogen (secondary N) is 2. The SMILES string of the molecule is Cc1c(NS(=O)(=O)c2ccccc2)ccc2nc(NC(C)c3ccccc3)oc(=O)c12. The minimum absolute atomic E-state index is 0.103. The summed E-state index contributed by atoms with van der Waals surface area (Å²) in [4.78, 5) is 17.2. The van der Waals surface area contributed by atoms with E-state index in [9.17, 15) is 13.2 Å². The van der Waals surface area contributed by atoms with Gasteiger partial charge in [0.2, 0.25) is 0 Å². The molecule has 4 rings (SSSR count). The van der Waals surface area contributed by atoms with E-state index in [1.54, 1.807) is 37.3 Å². The second-order valence-corrected chi connectivity index (χ2v) is 8.82. The molecule has 1 aromatic heterocycles. The van der Waals surface area contributed by atoms with Crippen LogP contribution in [0.15, 0.2) is 86.9 Å². The molecule has 0 aliphatic heterocycles. The van der Waals surface area contributed by atoms with Gasteiger partial charge in [-0.1, -0.05) is 48.5 Å². The number of hydrogen-bond donors (Lipinski definition) is 2. The van der Waals surface area contributed by atoms with Crippen molar-refractivity contribution in [2.24, 2.45) is 0 Å². The van der Waals surface area contributed by atoms with Crippen molar-refractivity contribution in [3.05, 3.63) is 94.3 Å². The van der Waals surface area contributed by atoms with Gasteiger partial charge in [0.1, 0.15) is 0 Å². The maximum absolute atomic E-state index is 12.7. The van der Waals surface area contributed by atoms with Crippen LogP contribution < -0.4 is 15.7 Å². The molecule has 1 atom stereocenters. The Balaban J connectivity index is 1.67. The summed E-state index contributed by atoms with van der Waals surface area (Å²) in [5.41, 5.74) is 1.59. The van der Waals surface area contributed by atoms with Crippen LogP contribution in [0.2, 0.25) is 0 Å². The first kappa shape index (κ1) is 20.6. The Kier molecular flexibility index (Phi) is 5.48. The summed E-state index contributed by atoms with van der Waals surface area (Å²) in [7, 11) is -3.79. The largest absolute Gasteiger partial charge is 0.389 e. The van der Waals surface area contributed by atoms with Gasteiger partial charge < -0.3 is 9.73 Å². The molecule has 8 heteroatoms. The van der Waals surface area contributed by atoms with Gasteiger partial charge in [-0.25, -0.2) is 13.2 Å². The van der Waals surface area contributed by atoms with Gasteiger partial charge in [0.25, 0.3) is 16.0 Å². The van der Waals surface area contributed by atoms with E-state index < -0.39 is 15.6 Å². The molecule has 0 amide bonds. The van der Waals surface area contributed by atoms with E-state index in [-0.39, 0.29) is 22.3 Å². The number of sulfonamides is 1. The zero-order valence-corrected chi connectivity index (χ0v) is 17.8. The predicted octanol–water partition coefficient (Wildman–Crippen LogP) is 4.47. The lowest BCUT2D eigenvalue weighted by Crippen LogP contribution is -2.15. The lowest BCUT2D eigenvalue weighted by atomic mass is 10.1. The number of aryl methyl sites for hydroxylation is 1. The molecule has 4 aromatic rings. The van der Waals surface area contributed by atoms with Crippen molar-refractivity contribution in [2.75, 3.05) is 10.0 Å². The highest BCUT2D eigenvalue weighted by atomic mass is 32.2. The van der Waals surface area contributed by atoms with Crippen molar-refractivity contribution in [1.82, 2.24) is 4.98 Å². The Hall–Kier alpha value is -3.65. The molecule has 0 saturated heterocycles. The van der Waals surface area contributed by atoms with E-state index in [1.165, 1.54) is 12.1 Å². The number of benzene rings is 3. The van der Waals surface area contributed by atoms with E-state index in [1.807, 2.05) is 37.3 Å². The van der Waals surface area contributed by atoms with Crippen LogP contribution in [0.1, 0.15) is 24.1 Å². The molecule has 1 unspecified atom stereocenters. The van der Waals surface area contributed by atoms with E-state index >= 15 is 0 Å². The molecule has 7 nitrogen and oxygen atoms in total. The van der Waals surface area contributed by atoms with Gasteiger partial charge in [0, 0.05) is 0 Å². The first-order chi connectivity index (χ1) is 14.8. The third-order valence-electron chi connectivity index (χ3n) is 5.00. The molecule has 3 aromatic carbocycles. The van der Waals surface area contributed by atoms with Crippen molar-refractivity contribution in [2.45, 2.75) is 24.8 Å². The molecular formula is C23H21N3O4S. The van der Waals surface area contributed by atoms with Crippen LogP contribution in [0.3, 0.4) is 0 Å². The lowest BCUT2D eigenvalue weighted by Gasteiger charge is -2.15. The zero-order valence-electron chi connectivity index (χ0n) is 17.0. The molecule has 0 fully saturated rings. The number of rotatable bonds is 6. The maximum atomic E-state index is 12.7. The van der Waals surface area contributed by atoms with Crippen molar-refractivity contribution >= 4 is 32.6 Å². The molecule has 0 aliphatic carbocycles. The summed E-state index contributed by atoms with van der Waals surface area (Å²) in [6, 6.07) is 20.9. The van der Waals surface area contributed by atoms with Gasteiger partial charge in [0.15, 0.2) is 0 Å². The second kappa shape index (κ2) is 8.23. The molecule has 0 aliphatic rings. The summed E-state index contributed by atoms with van der Waals surface area (Å²) in [5.74, 6) is 0. The molecule has 0 radical (unpaired) electrons. The van der Waals surface area contributed by atoms with Crippen molar-refractivity contribution in [3.63, 3.8) is 0 Å². The topological polar surface area (TPSA) is 101 Å². The van der Waals surface area contributed by atoms with Crippen molar-refractivity contribution < 1.29 is 12.8 Å². The number of aromatic nitrogens is 1. The average Bonchev–Trinajstić information content (AvgIpc) is 2.76. The monoisotopic (exact) mass is 435 g/mol. The number of fused-ring (bicyclic) bond motifs is 1. The van der Waals surface area contributed by atoms with Crippen LogP contribution in [0, 0.1) is 6.92 Å². The normalized spacial score (nSPS) is 12.5. The van der Waals surface area contributed by atoms with Crippen LogP contribution >= 0.6 is 0 Å². The fourth-order valence-corrected chi connectivity index (χ4v) is 4.45. The van der Waals surface area contributed by atoms with Crippen molar-refractivity contribution in [1.29, 1.82) is 0 Å². The fourth-order valence-electron chi connectivity index (χ4n) is 3.31. The minimum atomic E-state index is -3.79. The second-order valence-electron chi connectivity index (χ2n) is 7.13. The van der Waals surface area contributed by atoms with Gasteiger partial charge in [-0.15, -0.1) is 0 Å². The van der Waals surface area contributed by atoms with E-state index in [0.717, 1.165) is 5.56 Å². The third-order valence-corrected chi connectivity index (χ3v) is 6.38. The van der Waals surface area contributed by atoms with Gasteiger partial charge in [-0.05, 0) is 49.2 Å². The van der Waals surface area contributed by atoms with Gasteiger partial charge in [0.05, 0.1) is 27.5 Å². The Morgan fingerprint density at radius 3 is 2.26 bits per heavy atom. The van der Waals surface area contributed by atoms with E-state index in [0.29, 0.717) is 16.8 Å². The van der Waals surface area contributed by atoms with Gasteiger partial charge in [-0.2, -0.15) is 4.98 Å². The first-order valence-electron chi connectivity index (χ1n) is 9.69. The standard InChI is InChI=1S/C23H21N3O4S/c1-15-19(26-31(28,29)18-11-7-4-8-12-18)13-14-20-21(15)22(27)30-23(25-20)24-16(2)17-9-5-3-6-10-17/h3-14,16,26H,1-2H3,(H,24,25). The van der Waals surface area contributed by atoms with Gasteiger partial charge >= 0.3 is 5.63 Å². The summed E-state index contributed by atoms with van der Waals surface area (Å²) in [6.45, 7) is 3.59. The first-order valence-corrected chi connectivity index (χ1v) is 11.2. The van der Waals surface area contributed by atoms with Crippen molar-refractivity contribution in [3.8, 4) is 0 Å². The van der Waals surface area contributed by atoms with Crippen LogP contribution in [-0.2, 0) is 10.0 Å².